The second-order valence-corrected chi connectivity index (χ2v) is 8.38. The van der Waals surface area contributed by atoms with Crippen molar-refractivity contribution in [2.45, 2.75) is 19.0 Å². The van der Waals surface area contributed by atoms with Crippen molar-refractivity contribution in [2.75, 3.05) is 10.2 Å². The van der Waals surface area contributed by atoms with Crippen LogP contribution in [0.1, 0.15) is 11.3 Å². The number of nitrogens with one attached hydrogen (secondary N) is 1. The Kier molecular flexibility index (Phi) is 6.01. The summed E-state index contributed by atoms with van der Waals surface area (Å²) in [5.74, 6) is -1.41. The fourth-order valence-electron chi connectivity index (χ4n) is 3.33. The molecule has 4 rings (SSSR count). The van der Waals surface area contributed by atoms with Crippen molar-refractivity contribution in [1.29, 1.82) is 0 Å². The maximum atomic E-state index is 13.3. The number of carbonyl (C=O) groups excluding carboxylic acids is 3. The molecule has 9 heteroatoms. The number of rotatable bonds is 6. The van der Waals surface area contributed by atoms with Gasteiger partial charge < -0.3 is 10.2 Å². The van der Waals surface area contributed by atoms with Gasteiger partial charge in [0.05, 0.1) is 18.7 Å². The largest absolute Gasteiger partial charge is 0.332 e. The molecule has 1 aliphatic rings. The molecule has 6 nitrogen and oxygen atoms in total. The SMILES string of the molecule is O=C(C[C@H]1C(=O)N(c2ccc(F)cc2)C(=O)N1Cc1cccs1)Nc1ccc(Cl)cc1. The Morgan fingerprint density at radius 2 is 1.77 bits per heavy atom. The van der Waals surface area contributed by atoms with E-state index in [0.717, 1.165) is 9.78 Å². The number of urea groups is 1. The predicted octanol–water partition coefficient (Wildman–Crippen LogP) is 4.91. The van der Waals surface area contributed by atoms with Crippen LogP contribution in [0.15, 0.2) is 66.0 Å². The molecule has 1 aliphatic heterocycles. The van der Waals surface area contributed by atoms with E-state index in [1.54, 1.807) is 24.3 Å². The van der Waals surface area contributed by atoms with Gasteiger partial charge in [0.15, 0.2) is 0 Å². The molecule has 3 aromatic rings. The number of hydrogen-bond acceptors (Lipinski definition) is 4. The number of thiophene rings is 1. The quantitative estimate of drug-likeness (QED) is 0.535. The summed E-state index contributed by atoms with van der Waals surface area (Å²) in [4.78, 5) is 42.1. The maximum Gasteiger partial charge on any atom is 0.332 e. The number of carbonyl (C=O) groups is 3. The first-order valence-corrected chi connectivity index (χ1v) is 10.7. The van der Waals surface area contributed by atoms with Gasteiger partial charge in [-0.2, -0.15) is 0 Å². The molecule has 1 aromatic heterocycles. The van der Waals surface area contributed by atoms with Crippen molar-refractivity contribution in [3.05, 3.63) is 81.8 Å². The molecule has 1 saturated heterocycles. The third-order valence-electron chi connectivity index (χ3n) is 4.82. The summed E-state index contributed by atoms with van der Waals surface area (Å²) in [5, 5.41) is 5.13. The molecule has 0 bridgehead atoms. The standard InChI is InChI=1S/C22H17ClFN3O3S/c23-14-3-7-16(8-4-14)25-20(28)12-19-21(29)27(17-9-5-15(24)6-10-17)22(30)26(19)13-18-2-1-11-31-18/h1-11,19H,12-13H2,(H,25,28)/t19-/m0/s1. The van der Waals surface area contributed by atoms with Gasteiger partial charge in [-0.3, -0.25) is 9.59 Å². The van der Waals surface area contributed by atoms with Crippen LogP contribution in [0.3, 0.4) is 0 Å². The van der Waals surface area contributed by atoms with Gasteiger partial charge in [0, 0.05) is 15.6 Å². The zero-order chi connectivity index (χ0) is 22.0. The van der Waals surface area contributed by atoms with Crippen molar-refractivity contribution in [1.82, 2.24) is 4.90 Å². The molecule has 0 radical (unpaired) electrons. The van der Waals surface area contributed by atoms with E-state index in [0.29, 0.717) is 10.7 Å². The molecular weight excluding hydrogens is 441 g/mol. The number of anilines is 2. The van der Waals surface area contributed by atoms with Crippen LogP contribution in [-0.2, 0) is 16.1 Å². The molecule has 2 heterocycles. The van der Waals surface area contributed by atoms with Gasteiger partial charge in [0.2, 0.25) is 5.91 Å². The van der Waals surface area contributed by atoms with Crippen molar-refractivity contribution >= 4 is 52.2 Å². The first-order valence-electron chi connectivity index (χ1n) is 9.40. The van der Waals surface area contributed by atoms with Crippen LogP contribution in [0.2, 0.25) is 5.02 Å². The summed E-state index contributed by atoms with van der Waals surface area (Å²) in [5.41, 5.74) is 0.791. The number of hydrogen-bond donors (Lipinski definition) is 1. The van der Waals surface area contributed by atoms with Crippen LogP contribution in [-0.4, -0.2) is 28.8 Å². The van der Waals surface area contributed by atoms with Gasteiger partial charge in [0.1, 0.15) is 11.9 Å². The average Bonchev–Trinajstić information content (AvgIpc) is 3.33. The third kappa shape index (κ3) is 4.60. The Morgan fingerprint density at radius 1 is 1.06 bits per heavy atom. The summed E-state index contributed by atoms with van der Waals surface area (Å²) < 4.78 is 13.3. The highest BCUT2D eigenvalue weighted by Crippen LogP contribution is 2.29. The summed E-state index contributed by atoms with van der Waals surface area (Å²) in [7, 11) is 0. The molecule has 1 atom stereocenters. The number of amides is 4. The smallest absolute Gasteiger partial charge is 0.326 e. The molecular formula is C22H17ClFN3O3S. The lowest BCUT2D eigenvalue weighted by atomic mass is 10.1. The normalized spacial score (nSPS) is 16.1. The molecule has 4 amide bonds. The summed E-state index contributed by atoms with van der Waals surface area (Å²) in [6.07, 6.45) is -0.212. The maximum absolute atomic E-state index is 13.3. The first kappa shape index (κ1) is 21.0. The van der Waals surface area contributed by atoms with E-state index in [9.17, 15) is 18.8 Å². The van der Waals surface area contributed by atoms with Crippen molar-refractivity contribution in [3.8, 4) is 0 Å². The van der Waals surface area contributed by atoms with Crippen molar-refractivity contribution < 1.29 is 18.8 Å². The molecule has 0 unspecified atom stereocenters. The lowest BCUT2D eigenvalue weighted by Crippen LogP contribution is -2.37. The van der Waals surface area contributed by atoms with Crippen LogP contribution in [0.25, 0.3) is 0 Å². The second kappa shape index (κ2) is 8.87. The van der Waals surface area contributed by atoms with Gasteiger partial charge in [-0.25, -0.2) is 14.1 Å². The zero-order valence-electron chi connectivity index (χ0n) is 16.1. The van der Waals surface area contributed by atoms with Gasteiger partial charge in [-0.15, -0.1) is 11.3 Å². The van der Waals surface area contributed by atoms with Crippen LogP contribution in [0.4, 0.5) is 20.6 Å². The highest BCUT2D eigenvalue weighted by molar-refractivity contribution is 7.09. The monoisotopic (exact) mass is 457 g/mol. The minimum atomic E-state index is -0.980. The highest BCUT2D eigenvalue weighted by Gasteiger charge is 2.46. The van der Waals surface area contributed by atoms with Crippen LogP contribution < -0.4 is 10.2 Å². The van der Waals surface area contributed by atoms with Gasteiger partial charge in [-0.1, -0.05) is 17.7 Å². The minimum absolute atomic E-state index is 0.193. The van der Waals surface area contributed by atoms with Gasteiger partial charge >= 0.3 is 6.03 Å². The van der Waals surface area contributed by atoms with Crippen molar-refractivity contribution in [3.63, 3.8) is 0 Å². The van der Waals surface area contributed by atoms with E-state index in [2.05, 4.69) is 5.32 Å². The third-order valence-corrected chi connectivity index (χ3v) is 5.93. The molecule has 0 spiro atoms. The van der Waals surface area contributed by atoms with Gasteiger partial charge in [-0.05, 0) is 60.0 Å². The van der Waals surface area contributed by atoms with E-state index in [4.69, 9.17) is 11.6 Å². The van der Waals surface area contributed by atoms with E-state index in [1.807, 2.05) is 17.5 Å². The topological polar surface area (TPSA) is 69.7 Å². The zero-order valence-corrected chi connectivity index (χ0v) is 17.7. The number of benzene rings is 2. The molecule has 1 fully saturated rings. The predicted molar refractivity (Wildman–Crippen MR) is 118 cm³/mol. The molecule has 1 N–H and O–H groups in total. The van der Waals surface area contributed by atoms with Crippen LogP contribution >= 0.6 is 22.9 Å². The van der Waals surface area contributed by atoms with Crippen LogP contribution in [0.5, 0.6) is 0 Å². The Balaban J connectivity index is 1.58. The second-order valence-electron chi connectivity index (χ2n) is 6.91. The van der Waals surface area contributed by atoms with E-state index < -0.39 is 29.7 Å². The molecule has 0 aliphatic carbocycles. The van der Waals surface area contributed by atoms with E-state index >= 15 is 0 Å². The summed E-state index contributed by atoms with van der Waals surface area (Å²) in [6, 6.07) is 13.8. The molecule has 158 valence electrons. The first-order chi connectivity index (χ1) is 14.9. The lowest BCUT2D eigenvalue weighted by molar-refractivity contribution is -0.124. The fourth-order valence-corrected chi connectivity index (χ4v) is 4.16. The minimum Gasteiger partial charge on any atom is -0.326 e. The van der Waals surface area contributed by atoms with Gasteiger partial charge in [0.25, 0.3) is 5.91 Å². The fraction of sp³-hybridized carbons (Fsp3) is 0.136. The van der Waals surface area contributed by atoms with E-state index in [-0.39, 0.29) is 18.7 Å². The number of nitrogens with zero attached hydrogens (tertiary/aromatic N) is 2. The lowest BCUT2D eigenvalue weighted by Gasteiger charge is -2.21. The Labute approximate surface area is 186 Å². The van der Waals surface area contributed by atoms with Crippen LogP contribution in [0, 0.1) is 5.82 Å². The summed E-state index contributed by atoms with van der Waals surface area (Å²) in [6.45, 7) is 0.193. The Morgan fingerprint density at radius 3 is 2.42 bits per heavy atom. The van der Waals surface area contributed by atoms with Crippen molar-refractivity contribution in [2.24, 2.45) is 0 Å². The Bertz CT molecular complexity index is 1100. The average molecular weight is 458 g/mol. The Hall–Kier alpha value is -3.23. The number of halogens is 2. The summed E-state index contributed by atoms with van der Waals surface area (Å²) >= 11 is 7.31. The molecule has 31 heavy (non-hydrogen) atoms. The van der Waals surface area contributed by atoms with E-state index in [1.165, 1.54) is 40.5 Å². The molecule has 0 saturated carbocycles. The highest BCUT2D eigenvalue weighted by atomic mass is 35.5. The molecule has 2 aromatic carbocycles. The number of imide groups is 1.